The second-order valence-corrected chi connectivity index (χ2v) is 7.70. The van der Waals surface area contributed by atoms with Crippen LogP contribution in [-0.4, -0.2) is 23.6 Å². The summed E-state index contributed by atoms with van der Waals surface area (Å²) in [5, 5.41) is 8.34. The largest absolute Gasteiger partial charge is 0.279 e. The summed E-state index contributed by atoms with van der Waals surface area (Å²) in [4.78, 5) is 4.37. The Balaban J connectivity index is 1.84. The molecule has 0 saturated carbocycles. The summed E-state index contributed by atoms with van der Waals surface area (Å²) in [5.41, 5.74) is 2.17. The molecule has 130 valence electrons. The van der Waals surface area contributed by atoms with E-state index in [2.05, 4.69) is 19.9 Å². The van der Waals surface area contributed by atoms with Crippen LogP contribution in [0.2, 0.25) is 5.02 Å². The summed E-state index contributed by atoms with van der Waals surface area (Å²) in [6.07, 6.45) is 1.64. The maximum Gasteiger partial charge on any atom is 0.261 e. The normalized spacial score (nSPS) is 11.6. The number of benzene rings is 2. The van der Waals surface area contributed by atoms with Crippen molar-refractivity contribution < 1.29 is 8.42 Å². The van der Waals surface area contributed by atoms with Crippen LogP contribution in [0.15, 0.2) is 71.8 Å². The highest BCUT2D eigenvalue weighted by Crippen LogP contribution is 2.34. The number of halogens is 1. The topological polar surface area (TPSA) is 87.7 Å². The number of hydrogen-bond acceptors (Lipinski definition) is 4. The molecule has 0 aliphatic heterocycles. The molecule has 0 atom stereocenters. The Morgan fingerprint density at radius 1 is 1.00 bits per heavy atom. The van der Waals surface area contributed by atoms with Crippen molar-refractivity contribution in [3.05, 3.63) is 71.9 Å². The SMILES string of the molecule is O=S(=O)(Nc1ccc(Cl)cc1-c1[nH]nc2ncccc12)c1ccccc1. The monoisotopic (exact) mass is 384 g/mol. The number of sulfonamides is 1. The molecule has 26 heavy (non-hydrogen) atoms. The van der Waals surface area contributed by atoms with E-state index in [4.69, 9.17) is 11.6 Å². The molecule has 0 unspecified atom stereocenters. The van der Waals surface area contributed by atoms with Gasteiger partial charge in [-0.15, -0.1) is 0 Å². The minimum Gasteiger partial charge on any atom is -0.279 e. The third kappa shape index (κ3) is 3.02. The number of H-pyrrole nitrogens is 1. The van der Waals surface area contributed by atoms with Gasteiger partial charge >= 0.3 is 0 Å². The maximum absolute atomic E-state index is 12.7. The summed E-state index contributed by atoms with van der Waals surface area (Å²) in [5.74, 6) is 0. The molecule has 0 aliphatic carbocycles. The molecule has 0 spiro atoms. The molecular formula is C18H13ClN4O2S. The van der Waals surface area contributed by atoms with E-state index >= 15 is 0 Å². The van der Waals surface area contributed by atoms with E-state index < -0.39 is 10.0 Å². The van der Waals surface area contributed by atoms with E-state index in [0.717, 1.165) is 5.39 Å². The van der Waals surface area contributed by atoms with Gasteiger partial charge in [-0.3, -0.25) is 9.82 Å². The molecule has 2 aromatic heterocycles. The molecule has 0 radical (unpaired) electrons. The van der Waals surface area contributed by atoms with Crippen LogP contribution in [0.3, 0.4) is 0 Å². The first kappa shape index (κ1) is 16.6. The highest BCUT2D eigenvalue weighted by Gasteiger charge is 2.18. The van der Waals surface area contributed by atoms with E-state index in [-0.39, 0.29) is 4.90 Å². The van der Waals surface area contributed by atoms with Crippen molar-refractivity contribution in [2.75, 3.05) is 4.72 Å². The van der Waals surface area contributed by atoms with Gasteiger partial charge < -0.3 is 0 Å². The highest BCUT2D eigenvalue weighted by molar-refractivity contribution is 7.92. The predicted molar refractivity (Wildman–Crippen MR) is 102 cm³/mol. The summed E-state index contributed by atoms with van der Waals surface area (Å²) in [6, 6.07) is 16.8. The van der Waals surface area contributed by atoms with Crippen LogP contribution in [0.5, 0.6) is 0 Å². The number of fused-ring (bicyclic) bond motifs is 1. The first-order valence-corrected chi connectivity index (χ1v) is 9.57. The van der Waals surface area contributed by atoms with Crippen LogP contribution in [-0.2, 0) is 10.0 Å². The smallest absolute Gasteiger partial charge is 0.261 e. The van der Waals surface area contributed by atoms with Crippen LogP contribution in [0.25, 0.3) is 22.3 Å². The molecule has 8 heteroatoms. The van der Waals surface area contributed by atoms with Crippen molar-refractivity contribution in [2.45, 2.75) is 4.90 Å². The number of aromatic nitrogens is 3. The highest BCUT2D eigenvalue weighted by atomic mass is 35.5. The fourth-order valence-corrected chi connectivity index (χ4v) is 3.94. The molecule has 2 aromatic carbocycles. The Morgan fingerprint density at radius 3 is 2.62 bits per heavy atom. The average molecular weight is 385 g/mol. The Labute approximate surface area is 154 Å². The van der Waals surface area contributed by atoms with Gasteiger partial charge in [0.2, 0.25) is 0 Å². The quantitative estimate of drug-likeness (QED) is 0.555. The number of anilines is 1. The van der Waals surface area contributed by atoms with Crippen molar-refractivity contribution in [1.82, 2.24) is 15.2 Å². The summed E-state index contributed by atoms with van der Waals surface area (Å²) < 4.78 is 28.0. The first-order chi connectivity index (χ1) is 12.5. The number of hydrogen-bond donors (Lipinski definition) is 2. The minimum atomic E-state index is -3.74. The van der Waals surface area contributed by atoms with Crippen molar-refractivity contribution in [3.63, 3.8) is 0 Å². The van der Waals surface area contributed by atoms with Gasteiger partial charge in [0.15, 0.2) is 5.65 Å². The average Bonchev–Trinajstić information content (AvgIpc) is 3.08. The van der Waals surface area contributed by atoms with Crippen LogP contribution in [0.1, 0.15) is 0 Å². The lowest BCUT2D eigenvalue weighted by atomic mass is 10.1. The van der Waals surface area contributed by atoms with Crippen molar-refractivity contribution in [3.8, 4) is 11.3 Å². The van der Waals surface area contributed by atoms with E-state index in [1.165, 1.54) is 12.1 Å². The van der Waals surface area contributed by atoms with Crippen LogP contribution >= 0.6 is 11.6 Å². The second kappa shape index (κ2) is 6.44. The van der Waals surface area contributed by atoms with Crippen LogP contribution < -0.4 is 4.72 Å². The molecule has 0 amide bonds. The molecular weight excluding hydrogens is 372 g/mol. The molecule has 0 bridgehead atoms. The Kier molecular flexibility index (Phi) is 4.10. The van der Waals surface area contributed by atoms with Gasteiger partial charge in [0.1, 0.15) is 0 Å². The zero-order valence-corrected chi connectivity index (χ0v) is 14.9. The van der Waals surface area contributed by atoms with Crippen molar-refractivity contribution >= 4 is 38.3 Å². The van der Waals surface area contributed by atoms with Gasteiger partial charge in [0.05, 0.1) is 16.3 Å². The van der Waals surface area contributed by atoms with Gasteiger partial charge in [-0.2, -0.15) is 5.10 Å². The standard InChI is InChI=1S/C18H13ClN4O2S/c19-12-8-9-16(23-26(24,25)13-5-2-1-3-6-13)15(11-12)17-14-7-4-10-20-18(14)22-21-17/h1-11,23H,(H,20,21,22). The van der Waals surface area contributed by atoms with E-state index in [1.54, 1.807) is 48.7 Å². The van der Waals surface area contributed by atoms with Gasteiger partial charge in [0, 0.05) is 22.2 Å². The molecule has 2 N–H and O–H groups in total. The van der Waals surface area contributed by atoms with Gasteiger partial charge in [0.25, 0.3) is 10.0 Å². The molecule has 2 heterocycles. The molecule has 4 rings (SSSR count). The molecule has 0 saturated heterocycles. The predicted octanol–water partition coefficient (Wildman–Crippen LogP) is 4.08. The number of aromatic amines is 1. The Bertz CT molecular complexity index is 1190. The fraction of sp³-hybridized carbons (Fsp3) is 0. The lowest BCUT2D eigenvalue weighted by Crippen LogP contribution is -2.13. The molecule has 0 fully saturated rings. The Hall–Kier alpha value is -2.90. The lowest BCUT2D eigenvalue weighted by molar-refractivity contribution is 0.601. The first-order valence-electron chi connectivity index (χ1n) is 7.71. The fourth-order valence-electron chi connectivity index (χ4n) is 2.67. The lowest BCUT2D eigenvalue weighted by Gasteiger charge is -2.12. The molecule has 4 aromatic rings. The number of nitrogens with zero attached hydrogens (tertiary/aromatic N) is 2. The van der Waals surface area contributed by atoms with Crippen molar-refractivity contribution in [1.29, 1.82) is 0 Å². The second-order valence-electron chi connectivity index (χ2n) is 5.58. The summed E-state index contributed by atoms with van der Waals surface area (Å²) >= 11 is 6.15. The summed E-state index contributed by atoms with van der Waals surface area (Å²) in [6.45, 7) is 0. The molecule has 6 nitrogen and oxygen atoms in total. The van der Waals surface area contributed by atoms with Crippen molar-refractivity contribution in [2.24, 2.45) is 0 Å². The number of rotatable bonds is 4. The van der Waals surface area contributed by atoms with Crippen LogP contribution in [0.4, 0.5) is 5.69 Å². The van der Waals surface area contributed by atoms with Gasteiger partial charge in [-0.1, -0.05) is 29.8 Å². The zero-order chi connectivity index (χ0) is 18.1. The van der Waals surface area contributed by atoms with Crippen LogP contribution in [0, 0.1) is 0 Å². The number of nitrogens with one attached hydrogen (secondary N) is 2. The number of pyridine rings is 1. The Morgan fingerprint density at radius 2 is 1.81 bits per heavy atom. The minimum absolute atomic E-state index is 0.178. The molecule has 0 aliphatic rings. The summed E-state index contributed by atoms with van der Waals surface area (Å²) in [7, 11) is -3.74. The third-order valence-corrected chi connectivity index (χ3v) is 5.49. The maximum atomic E-state index is 12.7. The van der Waals surface area contributed by atoms with Gasteiger partial charge in [-0.25, -0.2) is 13.4 Å². The van der Waals surface area contributed by atoms with E-state index in [0.29, 0.717) is 27.6 Å². The van der Waals surface area contributed by atoms with Gasteiger partial charge in [-0.05, 0) is 42.5 Å². The zero-order valence-electron chi connectivity index (χ0n) is 13.3. The van der Waals surface area contributed by atoms with E-state index in [1.807, 2.05) is 6.07 Å². The third-order valence-electron chi connectivity index (χ3n) is 3.88. The van der Waals surface area contributed by atoms with E-state index in [9.17, 15) is 8.42 Å².